The largest absolute Gasteiger partial charge is 0.451 e. The molecule has 22 heavy (non-hydrogen) atoms. The molecule has 4 nitrogen and oxygen atoms in total. The number of nitrogens with zero attached hydrogens (tertiary/aromatic N) is 1. The first-order valence-corrected chi connectivity index (χ1v) is 7.76. The molecule has 1 aliphatic heterocycles. The van der Waals surface area contributed by atoms with E-state index in [1.54, 1.807) is 23.1 Å². The minimum atomic E-state index is -0.476. The molecule has 1 saturated heterocycles. The number of β-amino-alcohol motifs (C(OH)–C–C–N with tert-alkyl or cyclic N) is 1. The zero-order chi connectivity index (χ0) is 15.7. The fourth-order valence-electron chi connectivity index (χ4n) is 2.65. The van der Waals surface area contributed by atoms with Gasteiger partial charge in [0.25, 0.3) is 5.91 Å². The number of rotatable bonds is 2. The van der Waals surface area contributed by atoms with Crippen molar-refractivity contribution < 1.29 is 14.3 Å². The highest BCUT2D eigenvalue weighted by Crippen LogP contribution is 2.29. The summed E-state index contributed by atoms with van der Waals surface area (Å²) in [6.45, 7) is 2.98. The van der Waals surface area contributed by atoms with E-state index in [1.165, 1.54) is 0 Å². The van der Waals surface area contributed by atoms with Gasteiger partial charge in [-0.15, -0.1) is 0 Å². The highest BCUT2D eigenvalue weighted by molar-refractivity contribution is 6.33. The number of aliphatic hydroxyl groups is 1. The minimum absolute atomic E-state index is 0.191. The van der Waals surface area contributed by atoms with Crippen LogP contribution >= 0.6 is 11.6 Å². The van der Waals surface area contributed by atoms with E-state index < -0.39 is 6.10 Å². The molecule has 2 unspecified atom stereocenters. The lowest BCUT2D eigenvalue weighted by Crippen LogP contribution is -2.45. The molecule has 1 aliphatic rings. The quantitative estimate of drug-likeness (QED) is 0.922. The molecule has 1 aromatic carbocycles. The van der Waals surface area contributed by atoms with Gasteiger partial charge in [-0.05, 0) is 36.6 Å². The normalized spacial score (nSPS) is 21.9. The van der Waals surface area contributed by atoms with Crippen LogP contribution in [-0.2, 0) is 0 Å². The Labute approximate surface area is 134 Å². The van der Waals surface area contributed by atoms with Crippen molar-refractivity contribution in [3.05, 3.63) is 47.2 Å². The van der Waals surface area contributed by atoms with Gasteiger partial charge < -0.3 is 14.4 Å². The number of furan rings is 1. The van der Waals surface area contributed by atoms with Crippen LogP contribution in [0.15, 0.2) is 40.8 Å². The van der Waals surface area contributed by atoms with Crippen LogP contribution in [0.5, 0.6) is 0 Å². The third-order valence-electron chi connectivity index (χ3n) is 4.16. The number of piperidine rings is 1. The smallest absolute Gasteiger partial charge is 0.289 e. The predicted molar refractivity (Wildman–Crippen MR) is 84.8 cm³/mol. The van der Waals surface area contributed by atoms with E-state index in [0.717, 1.165) is 12.0 Å². The van der Waals surface area contributed by atoms with Gasteiger partial charge in [0.15, 0.2) is 5.76 Å². The van der Waals surface area contributed by atoms with Crippen LogP contribution in [0.4, 0.5) is 0 Å². The van der Waals surface area contributed by atoms with Crippen molar-refractivity contribution in [1.82, 2.24) is 4.90 Å². The maximum atomic E-state index is 12.5. The van der Waals surface area contributed by atoms with E-state index in [4.69, 9.17) is 16.0 Å². The molecule has 3 rings (SSSR count). The number of aliphatic hydroxyl groups excluding tert-OH is 1. The van der Waals surface area contributed by atoms with Gasteiger partial charge in [-0.25, -0.2) is 0 Å². The SMILES string of the molecule is CC1CCN(C(=O)c2ccc(-c3ccccc3Cl)o2)CC1O. The van der Waals surface area contributed by atoms with Gasteiger partial charge in [0.05, 0.1) is 11.1 Å². The molecule has 116 valence electrons. The molecule has 2 atom stereocenters. The highest BCUT2D eigenvalue weighted by atomic mass is 35.5. The third-order valence-corrected chi connectivity index (χ3v) is 4.49. The van der Waals surface area contributed by atoms with Crippen molar-refractivity contribution >= 4 is 17.5 Å². The number of amides is 1. The van der Waals surface area contributed by atoms with Gasteiger partial charge in [0.2, 0.25) is 0 Å². The zero-order valence-electron chi connectivity index (χ0n) is 12.3. The predicted octanol–water partition coefficient (Wildman–Crippen LogP) is 3.44. The van der Waals surface area contributed by atoms with Crippen molar-refractivity contribution in [2.24, 2.45) is 5.92 Å². The molecule has 1 aromatic heterocycles. The summed E-state index contributed by atoms with van der Waals surface area (Å²) in [5, 5.41) is 10.5. The van der Waals surface area contributed by atoms with Gasteiger partial charge in [-0.2, -0.15) is 0 Å². The molecule has 2 aromatic rings. The minimum Gasteiger partial charge on any atom is -0.451 e. The molecule has 1 fully saturated rings. The van der Waals surface area contributed by atoms with Crippen LogP contribution in [0, 0.1) is 5.92 Å². The Bertz CT molecular complexity index is 682. The zero-order valence-corrected chi connectivity index (χ0v) is 13.1. The average molecular weight is 320 g/mol. The standard InChI is InChI=1S/C17H18ClNO3/c1-11-8-9-19(10-14(11)20)17(21)16-7-6-15(22-16)12-4-2-3-5-13(12)18/h2-7,11,14,20H,8-10H2,1H3. The second-order valence-electron chi connectivity index (χ2n) is 5.73. The van der Waals surface area contributed by atoms with Crippen LogP contribution < -0.4 is 0 Å². The summed E-state index contributed by atoms with van der Waals surface area (Å²) in [6.07, 6.45) is 0.320. The first-order chi connectivity index (χ1) is 10.6. The van der Waals surface area contributed by atoms with Gasteiger partial charge in [0.1, 0.15) is 5.76 Å². The monoisotopic (exact) mass is 319 g/mol. The molecule has 0 saturated carbocycles. The molecular weight excluding hydrogens is 302 g/mol. The first-order valence-electron chi connectivity index (χ1n) is 7.38. The number of hydrogen-bond acceptors (Lipinski definition) is 3. The number of halogens is 1. The summed E-state index contributed by atoms with van der Waals surface area (Å²) in [7, 11) is 0. The highest BCUT2D eigenvalue weighted by Gasteiger charge is 2.29. The average Bonchev–Trinajstić information content (AvgIpc) is 2.99. The summed E-state index contributed by atoms with van der Waals surface area (Å²) in [6, 6.07) is 10.7. The molecule has 2 heterocycles. The number of hydrogen-bond donors (Lipinski definition) is 1. The van der Waals surface area contributed by atoms with Crippen LogP contribution in [0.2, 0.25) is 5.02 Å². The number of likely N-dealkylation sites (tertiary alicyclic amines) is 1. The number of carbonyl (C=O) groups is 1. The lowest BCUT2D eigenvalue weighted by atomic mass is 9.96. The van der Waals surface area contributed by atoms with Crippen molar-refractivity contribution in [2.45, 2.75) is 19.4 Å². The lowest BCUT2D eigenvalue weighted by Gasteiger charge is -2.33. The second-order valence-corrected chi connectivity index (χ2v) is 6.14. The van der Waals surface area contributed by atoms with Gasteiger partial charge in [-0.1, -0.05) is 30.7 Å². The number of carbonyl (C=O) groups excluding carboxylic acids is 1. The number of benzene rings is 1. The summed E-state index contributed by atoms with van der Waals surface area (Å²) >= 11 is 6.14. The van der Waals surface area contributed by atoms with E-state index >= 15 is 0 Å². The van der Waals surface area contributed by atoms with Gasteiger partial charge in [0, 0.05) is 18.7 Å². The van der Waals surface area contributed by atoms with E-state index in [-0.39, 0.29) is 17.6 Å². The molecule has 1 amide bonds. The lowest BCUT2D eigenvalue weighted by molar-refractivity contribution is 0.0231. The molecule has 0 spiro atoms. The third kappa shape index (κ3) is 2.89. The van der Waals surface area contributed by atoms with E-state index in [0.29, 0.717) is 23.9 Å². The molecule has 0 aliphatic carbocycles. The van der Waals surface area contributed by atoms with Crippen LogP contribution in [0.1, 0.15) is 23.9 Å². The fraction of sp³-hybridized carbons (Fsp3) is 0.353. The summed E-state index contributed by atoms with van der Waals surface area (Å²) in [5.74, 6) is 0.875. The Hall–Kier alpha value is -1.78. The Kier molecular flexibility index (Phi) is 4.23. The van der Waals surface area contributed by atoms with E-state index in [1.807, 2.05) is 25.1 Å². The van der Waals surface area contributed by atoms with Crippen molar-refractivity contribution in [3.63, 3.8) is 0 Å². The first kappa shape index (κ1) is 15.1. The molecule has 1 N–H and O–H groups in total. The van der Waals surface area contributed by atoms with Crippen LogP contribution in [0.3, 0.4) is 0 Å². The van der Waals surface area contributed by atoms with Crippen molar-refractivity contribution in [2.75, 3.05) is 13.1 Å². The molecular formula is C17H18ClNO3. The summed E-state index contributed by atoms with van der Waals surface area (Å²) < 4.78 is 5.67. The van der Waals surface area contributed by atoms with Gasteiger partial charge >= 0.3 is 0 Å². The molecule has 5 heteroatoms. The second kappa shape index (κ2) is 6.15. The maximum Gasteiger partial charge on any atom is 0.289 e. The molecule has 0 bridgehead atoms. The van der Waals surface area contributed by atoms with E-state index in [9.17, 15) is 9.90 Å². The summed E-state index contributed by atoms with van der Waals surface area (Å²) in [4.78, 5) is 14.1. The Morgan fingerprint density at radius 2 is 2.09 bits per heavy atom. The maximum absolute atomic E-state index is 12.5. The Morgan fingerprint density at radius 1 is 1.32 bits per heavy atom. The Balaban J connectivity index is 1.79. The molecule has 0 radical (unpaired) electrons. The van der Waals surface area contributed by atoms with Crippen LogP contribution in [0.25, 0.3) is 11.3 Å². The Morgan fingerprint density at radius 3 is 2.82 bits per heavy atom. The van der Waals surface area contributed by atoms with Gasteiger partial charge in [-0.3, -0.25) is 4.79 Å². The van der Waals surface area contributed by atoms with Crippen molar-refractivity contribution in [1.29, 1.82) is 0 Å². The summed E-state index contributed by atoms with van der Waals surface area (Å²) in [5.41, 5.74) is 0.760. The van der Waals surface area contributed by atoms with E-state index in [2.05, 4.69) is 0 Å². The topological polar surface area (TPSA) is 53.7 Å². The van der Waals surface area contributed by atoms with Crippen molar-refractivity contribution in [3.8, 4) is 11.3 Å². The van der Waals surface area contributed by atoms with Crippen LogP contribution in [-0.4, -0.2) is 35.1 Å². The fourth-order valence-corrected chi connectivity index (χ4v) is 2.88.